The zero-order chi connectivity index (χ0) is 47.5. The van der Waals surface area contributed by atoms with Gasteiger partial charge in [0.1, 0.15) is 22.1 Å². The third-order valence-corrected chi connectivity index (χ3v) is 14.9. The summed E-state index contributed by atoms with van der Waals surface area (Å²) in [6, 6.07) is 62.0. The van der Waals surface area contributed by atoms with Crippen LogP contribution in [0.2, 0.25) is 0 Å². The molecule has 0 radical (unpaired) electrons. The summed E-state index contributed by atoms with van der Waals surface area (Å²) in [4.78, 5) is 4.69. The van der Waals surface area contributed by atoms with Crippen molar-refractivity contribution in [2.45, 2.75) is 104 Å². The highest BCUT2D eigenvalue weighted by atomic mass is 32.1. The molecule has 0 bridgehead atoms. The maximum absolute atomic E-state index is 4.94. The van der Waals surface area contributed by atoms with Crippen molar-refractivity contribution >= 4 is 90.4 Å². The van der Waals surface area contributed by atoms with Crippen molar-refractivity contribution in [3.63, 3.8) is 0 Å². The summed E-state index contributed by atoms with van der Waals surface area (Å²) in [5.41, 5.74) is 17.3. The van der Waals surface area contributed by atoms with Crippen LogP contribution < -0.4 is 9.80 Å². The van der Waals surface area contributed by atoms with Crippen LogP contribution in [0.4, 0.5) is 34.1 Å². The van der Waals surface area contributed by atoms with Crippen LogP contribution in [0.25, 0.3) is 55.1 Å². The van der Waals surface area contributed by atoms with Gasteiger partial charge in [-0.05, 0) is 144 Å². The normalized spacial score (nSPS) is 11.5. The topological polar surface area (TPSA) is 58.0 Å². The van der Waals surface area contributed by atoms with Gasteiger partial charge in [0.15, 0.2) is 0 Å². The molecule has 0 amide bonds. The zero-order valence-corrected chi connectivity index (χ0v) is 42.2. The van der Waals surface area contributed by atoms with Gasteiger partial charge in [0.2, 0.25) is 0 Å². The van der Waals surface area contributed by atoms with Crippen molar-refractivity contribution in [2.24, 2.45) is 0 Å². The van der Waals surface area contributed by atoms with Crippen molar-refractivity contribution in [3.05, 3.63) is 181 Å². The van der Waals surface area contributed by atoms with E-state index in [1.807, 2.05) is 0 Å². The van der Waals surface area contributed by atoms with Gasteiger partial charge < -0.3 is 9.80 Å². The molecule has 2 heterocycles. The fourth-order valence-electron chi connectivity index (χ4n) is 10.0. The number of para-hydroxylation sites is 2. The SMILES string of the molecule is CCCCCCCCc1ccc(N(c2ccccc2)c2ccc(-c3cc4nsnc4c4c(-c5ccc(N(c6ccccc6)c6ccc(CCCCCCCC)cc6)cc5)cc5nsnc5c34)cc2)cc1. The van der Waals surface area contributed by atoms with Crippen LogP contribution in [0.5, 0.6) is 0 Å². The second kappa shape index (κ2) is 22.8. The van der Waals surface area contributed by atoms with Crippen LogP contribution in [0.15, 0.2) is 170 Å². The summed E-state index contributed by atoms with van der Waals surface area (Å²) < 4.78 is 19.6. The van der Waals surface area contributed by atoms with E-state index in [2.05, 4.69) is 194 Å². The highest BCUT2D eigenvalue weighted by molar-refractivity contribution is 7.00. The number of hydrogen-bond donors (Lipinski definition) is 0. The Hall–Kier alpha value is -6.74. The maximum atomic E-state index is 4.94. The van der Waals surface area contributed by atoms with Gasteiger partial charge in [0.05, 0.1) is 23.5 Å². The van der Waals surface area contributed by atoms with E-state index in [1.54, 1.807) is 0 Å². The number of hydrogen-bond acceptors (Lipinski definition) is 8. The molecule has 0 saturated heterocycles. The molecule has 0 aliphatic rings. The molecule has 0 unspecified atom stereocenters. The fraction of sp³-hybridized carbons (Fsp3) is 0.258. The average Bonchev–Trinajstić information content (AvgIpc) is 4.10. The molecular formula is C62H62N6S2. The molecule has 8 aromatic carbocycles. The van der Waals surface area contributed by atoms with Gasteiger partial charge >= 0.3 is 0 Å². The number of nitrogens with zero attached hydrogens (tertiary/aromatic N) is 6. The smallest absolute Gasteiger partial charge is 0.113 e. The van der Waals surface area contributed by atoms with Crippen LogP contribution in [-0.2, 0) is 12.8 Å². The lowest BCUT2D eigenvalue weighted by molar-refractivity contribution is 0.607. The zero-order valence-electron chi connectivity index (χ0n) is 40.6. The lowest BCUT2D eigenvalue weighted by atomic mass is 9.90. The van der Waals surface area contributed by atoms with Crippen molar-refractivity contribution in [1.82, 2.24) is 17.5 Å². The first kappa shape index (κ1) is 47.0. The van der Waals surface area contributed by atoms with E-state index in [0.717, 1.165) is 102 Å². The fourth-order valence-corrected chi connectivity index (χ4v) is 11.1. The lowest BCUT2D eigenvalue weighted by Crippen LogP contribution is -2.09. The number of benzene rings is 8. The lowest BCUT2D eigenvalue weighted by Gasteiger charge is -2.26. The van der Waals surface area contributed by atoms with E-state index < -0.39 is 0 Å². The summed E-state index contributed by atoms with van der Waals surface area (Å²) >= 11 is 2.51. The molecule has 6 nitrogen and oxygen atoms in total. The summed E-state index contributed by atoms with van der Waals surface area (Å²) in [5.74, 6) is 0. The summed E-state index contributed by atoms with van der Waals surface area (Å²) in [7, 11) is 0. The van der Waals surface area contributed by atoms with Gasteiger partial charge in [-0.15, -0.1) is 0 Å². The maximum Gasteiger partial charge on any atom is 0.113 e. The second-order valence-electron chi connectivity index (χ2n) is 18.7. The van der Waals surface area contributed by atoms with E-state index in [9.17, 15) is 0 Å². The van der Waals surface area contributed by atoms with E-state index >= 15 is 0 Å². The first-order valence-corrected chi connectivity index (χ1v) is 27.1. The number of rotatable bonds is 22. The molecule has 8 heteroatoms. The van der Waals surface area contributed by atoms with E-state index in [4.69, 9.17) is 17.5 Å². The predicted octanol–water partition coefficient (Wildman–Crippen LogP) is 18.9. The first-order chi connectivity index (χ1) is 34.7. The summed E-state index contributed by atoms with van der Waals surface area (Å²) in [6.07, 6.45) is 17.9. The van der Waals surface area contributed by atoms with Crippen molar-refractivity contribution in [1.29, 1.82) is 0 Å². The average molecular weight is 955 g/mol. The quantitative estimate of drug-likeness (QED) is 0.0631. The standard InChI is InChI=1S/C62H62N6S2/c1-3-5-7-9-11-15-21-45-27-35-51(36-28-45)67(49-23-17-13-18-24-49)53-39-31-47(32-40-53)55-43-57-62(66-69-63-57)60-56(44-58-61(59(55)60)65-70-64-58)48-33-41-54(42-34-48)68(50-25-19-14-20-26-50)52-37-29-46(30-38-52)22-16-12-10-8-6-4-2/h13-14,17-20,23-44H,3-12,15-16,21-22H2,1-2H3. The van der Waals surface area contributed by atoms with Crippen LogP contribution >= 0.6 is 23.5 Å². The van der Waals surface area contributed by atoms with Crippen LogP contribution in [0.1, 0.15) is 102 Å². The predicted molar refractivity (Wildman–Crippen MR) is 300 cm³/mol. The van der Waals surface area contributed by atoms with Gasteiger partial charge in [0.25, 0.3) is 0 Å². The minimum Gasteiger partial charge on any atom is -0.311 e. The molecule has 10 rings (SSSR count). The Bertz CT molecular complexity index is 3000. The molecule has 0 aliphatic heterocycles. The van der Waals surface area contributed by atoms with Gasteiger partial charge in [0, 0.05) is 44.9 Å². The Balaban J connectivity index is 0.976. The first-order valence-electron chi connectivity index (χ1n) is 25.6. The van der Waals surface area contributed by atoms with Crippen molar-refractivity contribution in [2.75, 3.05) is 9.80 Å². The van der Waals surface area contributed by atoms with Gasteiger partial charge in [-0.3, -0.25) is 0 Å². The molecule has 10 aromatic rings. The molecule has 70 heavy (non-hydrogen) atoms. The van der Waals surface area contributed by atoms with Crippen LogP contribution in [0, 0.1) is 0 Å². The van der Waals surface area contributed by atoms with Crippen molar-refractivity contribution in [3.8, 4) is 22.3 Å². The number of fused-ring (bicyclic) bond motifs is 5. The highest BCUT2D eigenvalue weighted by Crippen LogP contribution is 2.45. The third kappa shape index (κ3) is 10.5. The summed E-state index contributed by atoms with van der Waals surface area (Å²) in [6.45, 7) is 4.56. The molecule has 0 spiro atoms. The molecule has 352 valence electrons. The van der Waals surface area contributed by atoms with Gasteiger partial charge in [-0.25, -0.2) is 0 Å². The van der Waals surface area contributed by atoms with Gasteiger partial charge in [-0.2, -0.15) is 17.5 Å². The Morgan fingerprint density at radius 2 is 0.671 bits per heavy atom. The molecule has 0 atom stereocenters. The Kier molecular flexibility index (Phi) is 15.3. The minimum absolute atomic E-state index is 0.874. The number of unbranched alkanes of at least 4 members (excludes halogenated alkanes) is 10. The van der Waals surface area contributed by atoms with E-state index in [-0.39, 0.29) is 0 Å². The van der Waals surface area contributed by atoms with E-state index in [0.29, 0.717) is 0 Å². The molecule has 0 N–H and O–H groups in total. The van der Waals surface area contributed by atoms with E-state index in [1.165, 1.54) is 112 Å². The second-order valence-corrected chi connectivity index (χ2v) is 19.7. The summed E-state index contributed by atoms with van der Waals surface area (Å²) in [5, 5.41) is 2.09. The largest absolute Gasteiger partial charge is 0.311 e. The number of aryl methyl sites for hydroxylation is 2. The number of anilines is 6. The molecular weight excluding hydrogens is 893 g/mol. The van der Waals surface area contributed by atoms with Crippen LogP contribution in [-0.4, -0.2) is 17.5 Å². The Morgan fingerprint density at radius 3 is 1.04 bits per heavy atom. The minimum atomic E-state index is 0.874. The Labute approximate surface area is 422 Å². The molecule has 0 saturated carbocycles. The molecule has 0 aliphatic carbocycles. The van der Waals surface area contributed by atoms with Crippen molar-refractivity contribution < 1.29 is 0 Å². The Morgan fingerprint density at radius 1 is 0.343 bits per heavy atom. The van der Waals surface area contributed by atoms with Crippen LogP contribution in [0.3, 0.4) is 0 Å². The highest BCUT2D eigenvalue weighted by Gasteiger charge is 2.22. The molecule has 0 fully saturated rings. The third-order valence-electron chi connectivity index (χ3n) is 13.8. The van der Waals surface area contributed by atoms with Gasteiger partial charge in [-0.1, -0.05) is 163 Å². The molecule has 2 aromatic heterocycles. The number of aromatic nitrogens is 4. The monoisotopic (exact) mass is 954 g/mol.